The van der Waals surface area contributed by atoms with E-state index in [0.717, 1.165) is 52.9 Å². The number of aryl methyl sites for hydroxylation is 1. The summed E-state index contributed by atoms with van der Waals surface area (Å²) >= 11 is 0. The van der Waals surface area contributed by atoms with Gasteiger partial charge in [0.1, 0.15) is 18.7 Å². The Hall–Kier alpha value is -5.05. The van der Waals surface area contributed by atoms with Crippen molar-refractivity contribution < 1.29 is 9.15 Å². The lowest BCUT2D eigenvalue weighted by Gasteiger charge is -2.15. The van der Waals surface area contributed by atoms with Crippen LogP contribution in [0.5, 0.6) is 5.75 Å². The molecule has 0 spiro atoms. The van der Waals surface area contributed by atoms with Crippen LogP contribution in [-0.4, -0.2) is 30.2 Å². The molecule has 3 aromatic heterocycles. The number of unbranched alkanes of at least 4 members (excludes halogenated alkanes) is 1. The second kappa shape index (κ2) is 11.4. The number of fused-ring (bicyclic) bond motifs is 1. The van der Waals surface area contributed by atoms with Crippen LogP contribution < -0.4 is 10.3 Å². The van der Waals surface area contributed by atoms with E-state index in [1.165, 1.54) is 0 Å². The highest BCUT2D eigenvalue weighted by Crippen LogP contribution is 2.30. The lowest BCUT2D eigenvalue weighted by Crippen LogP contribution is -2.26. The number of nitrogens with one attached hydrogen (secondary N) is 1. The van der Waals surface area contributed by atoms with E-state index in [1.807, 2.05) is 42.5 Å². The van der Waals surface area contributed by atoms with Crippen molar-refractivity contribution in [2.45, 2.75) is 39.3 Å². The zero-order valence-electron chi connectivity index (χ0n) is 22.1. The summed E-state index contributed by atoms with van der Waals surface area (Å²) in [6, 6.07) is 23.7. The fourth-order valence-electron chi connectivity index (χ4n) is 4.77. The van der Waals surface area contributed by atoms with E-state index in [0.29, 0.717) is 35.6 Å². The Morgan fingerprint density at radius 2 is 1.80 bits per heavy atom. The average Bonchev–Trinajstić information content (AvgIpc) is 3.72. The molecule has 6 aromatic rings. The minimum atomic E-state index is -0.0483. The second-order valence-corrected chi connectivity index (χ2v) is 9.60. The number of ether oxygens (including phenoxy) is 1. The number of nitrogens with zero attached hydrogens (tertiary/aromatic N) is 5. The number of rotatable bonds is 10. The molecule has 200 valence electrons. The lowest BCUT2D eigenvalue weighted by molar-refractivity contribution is 0.302. The highest BCUT2D eigenvalue weighted by Gasteiger charge is 2.14. The van der Waals surface area contributed by atoms with Gasteiger partial charge in [0.05, 0.1) is 23.7 Å². The number of aromatic amines is 1. The van der Waals surface area contributed by atoms with Crippen LogP contribution in [0.25, 0.3) is 33.4 Å². The molecule has 0 atom stereocenters. The molecule has 9 heteroatoms. The van der Waals surface area contributed by atoms with Crippen molar-refractivity contribution in [1.29, 1.82) is 0 Å². The fraction of sp³-hybridized carbons (Fsp3) is 0.194. The van der Waals surface area contributed by atoms with Gasteiger partial charge in [-0.3, -0.25) is 9.36 Å². The van der Waals surface area contributed by atoms with Gasteiger partial charge in [0.2, 0.25) is 5.82 Å². The summed E-state index contributed by atoms with van der Waals surface area (Å²) in [7, 11) is 0. The molecule has 3 heterocycles. The molecule has 0 aliphatic carbocycles. The molecule has 0 unspecified atom stereocenters. The summed E-state index contributed by atoms with van der Waals surface area (Å²) in [5.74, 6) is 1.99. The van der Waals surface area contributed by atoms with E-state index >= 15 is 0 Å². The first kappa shape index (κ1) is 25.2. The summed E-state index contributed by atoms with van der Waals surface area (Å²) in [6.07, 6.45) is 5.83. The van der Waals surface area contributed by atoms with Crippen LogP contribution in [0.1, 0.15) is 36.7 Å². The number of hydrogen-bond acceptors (Lipinski definition) is 7. The van der Waals surface area contributed by atoms with Gasteiger partial charge in [-0.2, -0.15) is 5.21 Å². The first-order chi connectivity index (χ1) is 19.7. The molecule has 6 rings (SSSR count). The third-order valence-corrected chi connectivity index (χ3v) is 6.87. The third-order valence-electron chi connectivity index (χ3n) is 6.87. The van der Waals surface area contributed by atoms with Crippen LogP contribution in [0.2, 0.25) is 0 Å². The second-order valence-electron chi connectivity index (χ2n) is 9.60. The number of tetrazole rings is 1. The molecule has 0 fully saturated rings. The van der Waals surface area contributed by atoms with Gasteiger partial charge in [-0.05, 0) is 46.0 Å². The third kappa shape index (κ3) is 5.26. The van der Waals surface area contributed by atoms with Crippen molar-refractivity contribution in [3.63, 3.8) is 0 Å². The van der Waals surface area contributed by atoms with Crippen LogP contribution in [0.15, 0.2) is 94.5 Å². The topological polar surface area (TPSA) is 112 Å². The number of aromatic nitrogens is 6. The van der Waals surface area contributed by atoms with Crippen molar-refractivity contribution in [2.24, 2.45) is 0 Å². The number of furan rings is 1. The maximum Gasteiger partial charge on any atom is 0.261 e. The van der Waals surface area contributed by atoms with Gasteiger partial charge in [0, 0.05) is 18.1 Å². The zero-order chi connectivity index (χ0) is 27.3. The highest BCUT2D eigenvalue weighted by atomic mass is 16.5. The predicted octanol–water partition coefficient (Wildman–Crippen LogP) is 5.81. The predicted molar refractivity (Wildman–Crippen MR) is 152 cm³/mol. The minimum absolute atomic E-state index is 0.0483. The molecule has 3 aromatic carbocycles. The van der Waals surface area contributed by atoms with Crippen molar-refractivity contribution in [3.05, 3.63) is 113 Å². The standard InChI is InChI=1S/C31H28N6O3/c1-2-3-8-29-32-28-14-11-22(19-40-24-15-16-39-20-24)17-27(28)31(38)37(29)18-21-9-12-23(13-10-21)25-6-4-5-7-26(25)30-33-35-36-34-30/h4-7,9-17,20H,2-3,8,18-19H2,1H3,(H,33,34,35,36). The smallest absolute Gasteiger partial charge is 0.261 e. The van der Waals surface area contributed by atoms with Crippen LogP contribution in [0.4, 0.5) is 0 Å². The van der Waals surface area contributed by atoms with Crippen molar-refractivity contribution >= 4 is 10.9 Å². The molecular formula is C31H28N6O3. The van der Waals surface area contributed by atoms with Gasteiger partial charge in [0.25, 0.3) is 5.56 Å². The molecule has 0 bridgehead atoms. The molecule has 0 saturated carbocycles. The van der Waals surface area contributed by atoms with Crippen LogP contribution >= 0.6 is 0 Å². The first-order valence-electron chi connectivity index (χ1n) is 13.3. The number of H-pyrrole nitrogens is 1. The fourth-order valence-corrected chi connectivity index (χ4v) is 4.77. The van der Waals surface area contributed by atoms with Crippen molar-refractivity contribution in [3.8, 4) is 28.3 Å². The molecule has 0 aliphatic rings. The Morgan fingerprint density at radius 3 is 2.55 bits per heavy atom. The molecule has 0 saturated heterocycles. The largest absolute Gasteiger partial charge is 0.486 e. The number of hydrogen-bond donors (Lipinski definition) is 1. The molecule has 1 N–H and O–H groups in total. The zero-order valence-corrected chi connectivity index (χ0v) is 22.1. The summed E-state index contributed by atoms with van der Waals surface area (Å²) in [5.41, 5.74) is 5.50. The van der Waals surface area contributed by atoms with Gasteiger partial charge >= 0.3 is 0 Å². The normalized spacial score (nSPS) is 11.2. The van der Waals surface area contributed by atoms with Gasteiger partial charge in [0.15, 0.2) is 5.75 Å². The molecule has 40 heavy (non-hydrogen) atoms. The van der Waals surface area contributed by atoms with Crippen LogP contribution in [-0.2, 0) is 19.6 Å². The summed E-state index contributed by atoms with van der Waals surface area (Å²) in [5, 5.41) is 15.1. The lowest BCUT2D eigenvalue weighted by atomic mass is 9.98. The Kier molecular flexibility index (Phi) is 7.17. The molecule has 0 radical (unpaired) electrons. The van der Waals surface area contributed by atoms with Gasteiger partial charge in [-0.25, -0.2) is 4.98 Å². The van der Waals surface area contributed by atoms with E-state index in [-0.39, 0.29) is 5.56 Å². The Morgan fingerprint density at radius 1 is 0.975 bits per heavy atom. The number of benzene rings is 3. The molecular weight excluding hydrogens is 504 g/mol. The minimum Gasteiger partial charge on any atom is -0.486 e. The maximum absolute atomic E-state index is 13.8. The van der Waals surface area contributed by atoms with E-state index < -0.39 is 0 Å². The van der Waals surface area contributed by atoms with Crippen LogP contribution in [0.3, 0.4) is 0 Å². The summed E-state index contributed by atoms with van der Waals surface area (Å²) in [6.45, 7) is 2.91. The highest BCUT2D eigenvalue weighted by molar-refractivity contribution is 5.80. The van der Waals surface area contributed by atoms with Crippen molar-refractivity contribution in [1.82, 2.24) is 30.2 Å². The summed E-state index contributed by atoms with van der Waals surface area (Å²) in [4.78, 5) is 18.7. The SMILES string of the molecule is CCCCc1nc2ccc(COc3ccoc3)cc2c(=O)n1Cc1ccc(-c2ccccc2-c2nn[nH]n2)cc1. The van der Waals surface area contributed by atoms with Crippen LogP contribution in [0, 0.1) is 0 Å². The van der Waals surface area contributed by atoms with Gasteiger partial charge in [-0.15, -0.1) is 10.2 Å². The molecule has 9 nitrogen and oxygen atoms in total. The maximum atomic E-state index is 13.8. The van der Waals surface area contributed by atoms with Gasteiger partial charge < -0.3 is 9.15 Å². The quantitative estimate of drug-likeness (QED) is 0.237. The monoisotopic (exact) mass is 532 g/mol. The molecule has 0 aliphatic heterocycles. The Bertz CT molecular complexity index is 1780. The van der Waals surface area contributed by atoms with E-state index in [1.54, 1.807) is 23.2 Å². The first-order valence-corrected chi connectivity index (χ1v) is 13.3. The van der Waals surface area contributed by atoms with E-state index in [2.05, 4.69) is 51.8 Å². The van der Waals surface area contributed by atoms with Gasteiger partial charge in [-0.1, -0.05) is 67.9 Å². The Balaban J connectivity index is 1.31. The average molecular weight is 533 g/mol. The van der Waals surface area contributed by atoms with Crippen molar-refractivity contribution in [2.75, 3.05) is 0 Å². The van der Waals surface area contributed by atoms with E-state index in [9.17, 15) is 4.79 Å². The summed E-state index contributed by atoms with van der Waals surface area (Å²) < 4.78 is 12.6. The Labute approximate surface area is 230 Å². The molecule has 0 amide bonds. The van der Waals surface area contributed by atoms with E-state index in [4.69, 9.17) is 14.1 Å².